The topological polar surface area (TPSA) is 69.6 Å². The molecule has 0 bridgehead atoms. The molecule has 2 aromatic rings. The maximum Gasteiger partial charge on any atom is 0.488 e. The van der Waals surface area contributed by atoms with Crippen LogP contribution < -0.4 is 10.8 Å². The number of hydrogen-bond donors (Lipinski definition) is 3. The summed E-state index contributed by atoms with van der Waals surface area (Å²) in [5, 5.41) is 21.3. The van der Waals surface area contributed by atoms with Gasteiger partial charge in [0.25, 0.3) is 5.91 Å². The van der Waals surface area contributed by atoms with E-state index >= 15 is 0 Å². The van der Waals surface area contributed by atoms with Crippen LogP contribution in [0.5, 0.6) is 0 Å². The number of amides is 1. The summed E-state index contributed by atoms with van der Waals surface area (Å²) in [4.78, 5) is 12.1. The molecule has 2 rings (SSSR count). The second-order valence-corrected chi connectivity index (χ2v) is 4.86. The van der Waals surface area contributed by atoms with Gasteiger partial charge in [0.2, 0.25) is 0 Å². The summed E-state index contributed by atoms with van der Waals surface area (Å²) >= 11 is 11.9. The lowest BCUT2D eigenvalue weighted by Gasteiger charge is -2.09. The number of halogens is 2. The second kappa shape index (κ2) is 6.28. The minimum absolute atomic E-state index is 0.172. The van der Waals surface area contributed by atoms with E-state index in [-0.39, 0.29) is 21.1 Å². The van der Waals surface area contributed by atoms with Gasteiger partial charge in [-0.25, -0.2) is 0 Å². The Hall–Kier alpha value is -1.53. The van der Waals surface area contributed by atoms with Crippen molar-refractivity contribution in [2.75, 3.05) is 5.32 Å². The normalized spacial score (nSPS) is 10.2. The lowest BCUT2D eigenvalue weighted by Crippen LogP contribution is -2.30. The van der Waals surface area contributed by atoms with E-state index in [2.05, 4.69) is 5.32 Å². The van der Waals surface area contributed by atoms with E-state index in [0.717, 1.165) is 0 Å². The largest absolute Gasteiger partial charge is 0.488 e. The summed E-state index contributed by atoms with van der Waals surface area (Å²) in [7, 11) is -1.60. The molecular weight excluding hydrogens is 300 g/mol. The van der Waals surface area contributed by atoms with Gasteiger partial charge in [0.15, 0.2) is 0 Å². The van der Waals surface area contributed by atoms with Gasteiger partial charge >= 0.3 is 7.12 Å². The van der Waals surface area contributed by atoms with Crippen molar-refractivity contribution in [2.45, 2.75) is 0 Å². The van der Waals surface area contributed by atoms with Crippen LogP contribution in [0.4, 0.5) is 5.69 Å². The summed E-state index contributed by atoms with van der Waals surface area (Å²) in [5.74, 6) is -0.467. The summed E-state index contributed by atoms with van der Waals surface area (Å²) in [6.07, 6.45) is 0. The van der Waals surface area contributed by atoms with Crippen LogP contribution >= 0.6 is 23.2 Å². The highest BCUT2D eigenvalue weighted by Crippen LogP contribution is 2.25. The molecule has 2 aromatic carbocycles. The van der Waals surface area contributed by atoms with Crippen LogP contribution in [-0.4, -0.2) is 23.1 Å². The van der Waals surface area contributed by atoms with E-state index in [1.165, 1.54) is 12.1 Å². The lowest BCUT2D eigenvalue weighted by molar-refractivity contribution is 0.102. The average molecular weight is 310 g/mol. The van der Waals surface area contributed by atoms with Gasteiger partial charge in [0.05, 0.1) is 15.6 Å². The molecule has 0 saturated heterocycles. The third-order valence-electron chi connectivity index (χ3n) is 2.63. The average Bonchev–Trinajstić information content (AvgIpc) is 2.38. The van der Waals surface area contributed by atoms with Crippen LogP contribution in [-0.2, 0) is 0 Å². The van der Waals surface area contributed by atoms with Gasteiger partial charge in [0, 0.05) is 5.69 Å². The molecular formula is C13H10BCl2NO3. The number of carbonyl (C=O) groups excluding carboxylic acids is 1. The molecule has 0 aromatic heterocycles. The van der Waals surface area contributed by atoms with E-state index in [9.17, 15) is 4.79 Å². The SMILES string of the molecule is O=C(Nc1cccc(B(O)O)c1)c1c(Cl)cccc1Cl. The number of hydrogen-bond acceptors (Lipinski definition) is 3. The fourth-order valence-electron chi connectivity index (χ4n) is 1.69. The molecule has 1 amide bonds. The van der Waals surface area contributed by atoms with E-state index in [1.54, 1.807) is 30.3 Å². The highest BCUT2D eigenvalue weighted by Gasteiger charge is 2.16. The highest BCUT2D eigenvalue weighted by atomic mass is 35.5. The third kappa shape index (κ3) is 3.32. The van der Waals surface area contributed by atoms with Crippen LogP contribution in [0.15, 0.2) is 42.5 Å². The van der Waals surface area contributed by atoms with Crippen molar-refractivity contribution in [3.05, 3.63) is 58.1 Å². The Morgan fingerprint density at radius 1 is 1.05 bits per heavy atom. The highest BCUT2D eigenvalue weighted by molar-refractivity contribution is 6.58. The van der Waals surface area contributed by atoms with E-state index in [1.807, 2.05) is 0 Å². The Morgan fingerprint density at radius 2 is 1.65 bits per heavy atom. The van der Waals surface area contributed by atoms with Gasteiger partial charge in [-0.05, 0) is 29.7 Å². The number of nitrogens with one attached hydrogen (secondary N) is 1. The van der Waals surface area contributed by atoms with Crippen LogP contribution in [0.2, 0.25) is 10.0 Å². The number of benzene rings is 2. The Labute approximate surface area is 126 Å². The molecule has 0 spiro atoms. The predicted molar refractivity (Wildman–Crippen MR) is 80.7 cm³/mol. The molecule has 0 radical (unpaired) electrons. The smallest absolute Gasteiger partial charge is 0.423 e. The van der Waals surface area contributed by atoms with E-state index in [0.29, 0.717) is 5.69 Å². The Kier molecular flexibility index (Phi) is 4.67. The quantitative estimate of drug-likeness (QED) is 0.759. The Bertz CT molecular complexity index is 629. The Morgan fingerprint density at radius 3 is 2.25 bits per heavy atom. The molecule has 0 saturated carbocycles. The van der Waals surface area contributed by atoms with Gasteiger partial charge in [-0.15, -0.1) is 0 Å². The first-order valence-corrected chi connectivity index (χ1v) is 6.46. The number of carbonyl (C=O) groups is 1. The minimum atomic E-state index is -1.60. The second-order valence-electron chi connectivity index (χ2n) is 4.05. The minimum Gasteiger partial charge on any atom is -0.423 e. The fourth-order valence-corrected chi connectivity index (χ4v) is 2.25. The van der Waals surface area contributed by atoms with Crippen LogP contribution in [0.25, 0.3) is 0 Å². The molecule has 20 heavy (non-hydrogen) atoms. The first kappa shape index (κ1) is 14.9. The number of anilines is 1. The van der Waals surface area contributed by atoms with Crippen molar-refractivity contribution in [3.8, 4) is 0 Å². The molecule has 0 atom stereocenters. The lowest BCUT2D eigenvalue weighted by atomic mass is 9.80. The van der Waals surface area contributed by atoms with E-state index in [4.69, 9.17) is 33.2 Å². The zero-order chi connectivity index (χ0) is 14.7. The van der Waals surface area contributed by atoms with Crippen molar-refractivity contribution >= 4 is 47.4 Å². The van der Waals surface area contributed by atoms with Crippen molar-refractivity contribution in [3.63, 3.8) is 0 Å². The van der Waals surface area contributed by atoms with Gasteiger partial charge in [-0.3, -0.25) is 4.79 Å². The maximum absolute atomic E-state index is 12.1. The van der Waals surface area contributed by atoms with E-state index < -0.39 is 13.0 Å². The van der Waals surface area contributed by atoms with Crippen LogP contribution in [0, 0.1) is 0 Å². The van der Waals surface area contributed by atoms with Crippen molar-refractivity contribution in [1.82, 2.24) is 0 Å². The molecule has 102 valence electrons. The molecule has 0 aliphatic carbocycles. The van der Waals surface area contributed by atoms with Crippen molar-refractivity contribution in [1.29, 1.82) is 0 Å². The van der Waals surface area contributed by atoms with Gasteiger partial charge < -0.3 is 15.4 Å². The summed E-state index contributed by atoms with van der Waals surface area (Å²) in [6, 6.07) is 11.0. The first-order chi connectivity index (χ1) is 9.49. The van der Waals surface area contributed by atoms with Crippen molar-refractivity contribution < 1.29 is 14.8 Å². The molecule has 0 heterocycles. The van der Waals surface area contributed by atoms with Crippen LogP contribution in [0.1, 0.15) is 10.4 Å². The third-order valence-corrected chi connectivity index (χ3v) is 3.26. The molecule has 0 aliphatic heterocycles. The zero-order valence-electron chi connectivity index (χ0n) is 10.2. The summed E-state index contributed by atoms with van der Waals surface area (Å²) in [6.45, 7) is 0. The zero-order valence-corrected chi connectivity index (χ0v) is 11.7. The predicted octanol–water partition coefficient (Wildman–Crippen LogP) is 1.93. The standard InChI is InChI=1S/C13H10BCl2NO3/c15-10-5-2-6-11(16)12(10)13(18)17-9-4-1-3-8(7-9)14(19)20/h1-7,19-20H,(H,17,18). The van der Waals surface area contributed by atoms with Gasteiger partial charge in [-0.1, -0.05) is 41.4 Å². The van der Waals surface area contributed by atoms with Gasteiger partial charge in [0.1, 0.15) is 0 Å². The molecule has 0 aliphatic rings. The molecule has 4 nitrogen and oxygen atoms in total. The summed E-state index contributed by atoms with van der Waals surface area (Å²) in [5.41, 5.74) is 0.857. The first-order valence-electron chi connectivity index (χ1n) is 5.70. The van der Waals surface area contributed by atoms with Crippen LogP contribution in [0.3, 0.4) is 0 Å². The monoisotopic (exact) mass is 309 g/mol. The maximum atomic E-state index is 12.1. The molecule has 3 N–H and O–H groups in total. The summed E-state index contributed by atoms with van der Waals surface area (Å²) < 4.78 is 0. The van der Waals surface area contributed by atoms with Crippen molar-refractivity contribution in [2.24, 2.45) is 0 Å². The molecule has 7 heteroatoms. The van der Waals surface area contributed by atoms with Gasteiger partial charge in [-0.2, -0.15) is 0 Å². The molecule has 0 fully saturated rings. The fraction of sp³-hybridized carbons (Fsp3) is 0. The Balaban J connectivity index is 2.26. The molecule has 0 unspecified atom stereocenters. The number of rotatable bonds is 3.